The van der Waals surface area contributed by atoms with Gasteiger partial charge in [-0.3, -0.25) is 0 Å². The smallest absolute Gasteiger partial charge is 0.164 e. The van der Waals surface area contributed by atoms with Gasteiger partial charge in [0.15, 0.2) is 17.5 Å². The van der Waals surface area contributed by atoms with Gasteiger partial charge in [-0.2, -0.15) is 0 Å². The number of furan rings is 1. The Labute approximate surface area is 354 Å². The van der Waals surface area contributed by atoms with Gasteiger partial charge in [-0.15, -0.1) is 16.4 Å². The van der Waals surface area contributed by atoms with Crippen LogP contribution in [0.5, 0.6) is 0 Å². The van der Waals surface area contributed by atoms with Crippen LogP contribution in [-0.4, -0.2) is 58.8 Å². The minimum absolute atomic E-state index is 0.165. The lowest BCUT2D eigenvalue weighted by Crippen LogP contribution is -2.55. The van der Waals surface area contributed by atoms with E-state index in [9.17, 15) is 0 Å². The van der Waals surface area contributed by atoms with Gasteiger partial charge in [0.1, 0.15) is 50.4 Å². The van der Waals surface area contributed by atoms with Gasteiger partial charge in [-0.05, 0) is 77.9 Å². The maximum Gasteiger partial charge on any atom is 0.164 e. The van der Waals surface area contributed by atoms with Crippen LogP contribution in [-0.2, 0) is 6.42 Å². The van der Waals surface area contributed by atoms with Crippen molar-refractivity contribution in [1.29, 1.82) is 0 Å². The van der Waals surface area contributed by atoms with E-state index >= 15 is 0 Å². The van der Waals surface area contributed by atoms with E-state index in [0.717, 1.165) is 63.6 Å². The first kappa shape index (κ1) is 36.3. The van der Waals surface area contributed by atoms with Gasteiger partial charge < -0.3 is 8.98 Å². The number of nitrogens with zero attached hydrogens (tertiary/aromatic N) is 4. The molecule has 6 aromatic carbocycles. The molecule has 0 saturated heterocycles. The van der Waals surface area contributed by atoms with E-state index in [1.807, 2.05) is 48.5 Å². The summed E-state index contributed by atoms with van der Waals surface area (Å²) >= 11 is 0. The summed E-state index contributed by atoms with van der Waals surface area (Å²) in [6, 6.07) is 37.5. The summed E-state index contributed by atoms with van der Waals surface area (Å²) in [6.07, 6.45) is 13.5. The third kappa shape index (κ3) is 5.80. The Balaban J connectivity index is 1.10. The molecule has 60 heavy (non-hydrogen) atoms. The Kier molecular flexibility index (Phi) is 8.59. The van der Waals surface area contributed by atoms with Gasteiger partial charge in [0.05, 0.1) is 5.52 Å². The molecule has 5 nitrogen and oxygen atoms in total. The first-order valence-corrected chi connectivity index (χ1v) is 19.9. The van der Waals surface area contributed by atoms with E-state index in [4.69, 9.17) is 58.6 Å². The molecule has 0 aliphatic heterocycles. The van der Waals surface area contributed by atoms with Crippen molar-refractivity contribution < 1.29 is 4.42 Å². The molecule has 0 fully saturated rings. The lowest BCUT2D eigenvalue weighted by atomic mass is 9.59. The summed E-state index contributed by atoms with van der Waals surface area (Å²) in [5.41, 5.74) is 13.4. The minimum Gasteiger partial charge on any atom is -0.456 e. The molecule has 0 atom stereocenters. The molecule has 0 saturated carbocycles. The molecule has 270 valence electrons. The van der Waals surface area contributed by atoms with E-state index in [0.29, 0.717) is 28.6 Å². The highest BCUT2D eigenvalue weighted by molar-refractivity contribution is 6.68. The SMILES string of the molecule is [B]c1c([B])c([B])c(-c2cccc(-c3nc(C4=CCC=C4)nc(-c4cccc5oc6ccc(-n7c8c(c9ccc(-c%10ccccc%10)cc97)C=CCC8)cc6c45)n3)c2)c([B])c1[B]. The van der Waals surface area contributed by atoms with Gasteiger partial charge in [0, 0.05) is 49.8 Å². The van der Waals surface area contributed by atoms with Crippen LogP contribution in [0.15, 0.2) is 138 Å². The summed E-state index contributed by atoms with van der Waals surface area (Å²) in [5, 5.41) is 3.12. The summed E-state index contributed by atoms with van der Waals surface area (Å²) < 4.78 is 8.98. The Morgan fingerprint density at radius 2 is 1.30 bits per heavy atom. The average molecular weight is 756 g/mol. The Hall–Kier alpha value is -6.79. The van der Waals surface area contributed by atoms with Gasteiger partial charge in [-0.1, -0.05) is 114 Å². The minimum atomic E-state index is 0.165. The number of fused-ring (bicyclic) bond motifs is 6. The second kappa shape index (κ2) is 14.2. The fraction of sp³-hybridized carbons (Fsp3) is 0.0600. The van der Waals surface area contributed by atoms with Crippen molar-refractivity contribution in [2.24, 2.45) is 0 Å². The molecule has 0 unspecified atom stereocenters. The lowest BCUT2D eigenvalue weighted by Gasteiger charge is -2.21. The number of aromatic nitrogens is 4. The number of benzene rings is 6. The first-order chi connectivity index (χ1) is 29.3. The number of hydrogen-bond acceptors (Lipinski definition) is 4. The molecule has 3 aromatic heterocycles. The van der Waals surface area contributed by atoms with Gasteiger partial charge in [-0.25, -0.2) is 15.0 Å². The molecule has 11 rings (SSSR count). The molecule has 0 bridgehead atoms. The van der Waals surface area contributed by atoms with Crippen molar-refractivity contribution in [2.45, 2.75) is 19.3 Å². The molecular weight excluding hydrogens is 727 g/mol. The molecule has 9 aromatic rings. The fourth-order valence-corrected chi connectivity index (χ4v) is 8.82. The average Bonchev–Trinajstić information content (AvgIpc) is 4.05. The molecule has 2 aliphatic rings. The van der Waals surface area contributed by atoms with Crippen molar-refractivity contribution in [3.63, 3.8) is 0 Å². The van der Waals surface area contributed by atoms with E-state index < -0.39 is 0 Å². The van der Waals surface area contributed by atoms with Gasteiger partial charge in [0.25, 0.3) is 0 Å². The molecule has 2 aliphatic carbocycles. The zero-order chi connectivity index (χ0) is 40.6. The third-order valence-electron chi connectivity index (χ3n) is 11.8. The highest BCUT2D eigenvalue weighted by Gasteiger charge is 2.23. The highest BCUT2D eigenvalue weighted by Crippen LogP contribution is 2.41. The van der Waals surface area contributed by atoms with Crippen LogP contribution in [0.2, 0.25) is 0 Å². The van der Waals surface area contributed by atoms with Crippen molar-refractivity contribution >= 4 is 111 Å². The topological polar surface area (TPSA) is 56.7 Å². The van der Waals surface area contributed by atoms with E-state index in [1.54, 1.807) is 0 Å². The Morgan fingerprint density at radius 1 is 0.550 bits per heavy atom. The predicted octanol–water partition coefficient (Wildman–Crippen LogP) is 6.65. The molecular formula is C50H29B5N4O. The number of hydrogen-bond donors (Lipinski definition) is 0. The lowest BCUT2D eigenvalue weighted by molar-refractivity contribution is 0.669. The van der Waals surface area contributed by atoms with Crippen molar-refractivity contribution in [3.8, 4) is 50.7 Å². The summed E-state index contributed by atoms with van der Waals surface area (Å²) in [6.45, 7) is 0. The van der Waals surface area contributed by atoms with Crippen LogP contribution in [0.1, 0.15) is 29.9 Å². The summed E-state index contributed by atoms with van der Waals surface area (Å²) in [7, 11) is 31.6. The molecule has 10 radical (unpaired) electrons. The van der Waals surface area contributed by atoms with Crippen LogP contribution in [0.3, 0.4) is 0 Å². The highest BCUT2D eigenvalue weighted by atomic mass is 16.3. The second-order valence-electron chi connectivity index (χ2n) is 15.3. The maximum atomic E-state index is 6.56. The fourth-order valence-electron chi connectivity index (χ4n) is 8.82. The van der Waals surface area contributed by atoms with E-state index in [2.05, 4.69) is 95.6 Å². The Bertz CT molecular complexity index is 3330. The third-order valence-corrected chi connectivity index (χ3v) is 11.8. The largest absolute Gasteiger partial charge is 0.456 e. The molecule has 10 heteroatoms. The van der Waals surface area contributed by atoms with Crippen LogP contribution in [0.4, 0.5) is 0 Å². The van der Waals surface area contributed by atoms with E-state index in [1.165, 1.54) is 33.3 Å². The first-order valence-electron chi connectivity index (χ1n) is 19.9. The standard InChI is InChI=1S/C50H29B5N4O/c51-43-41(44(52)46(54)47(55)45(43)53)30-14-8-15-31(24-30)49-56-48(28-12-4-5-13-28)57-50(58-49)35-17-9-19-40-42(35)36-26-32(21-23-39(36)60-40)59-37-18-7-6-16-33(37)34-22-20-29(25-38(34)59)27-10-2-1-3-11-27/h1-4,6,8-17,19-26H,5,7,18H2. The van der Waals surface area contributed by atoms with Crippen molar-refractivity contribution in [3.05, 3.63) is 151 Å². The van der Waals surface area contributed by atoms with Crippen molar-refractivity contribution in [1.82, 2.24) is 19.5 Å². The monoisotopic (exact) mass is 756 g/mol. The second-order valence-corrected chi connectivity index (χ2v) is 15.3. The number of rotatable bonds is 6. The quantitative estimate of drug-likeness (QED) is 0.179. The summed E-state index contributed by atoms with van der Waals surface area (Å²) in [5.74, 6) is 1.55. The van der Waals surface area contributed by atoms with Gasteiger partial charge >= 0.3 is 0 Å². The molecule has 3 heterocycles. The van der Waals surface area contributed by atoms with Gasteiger partial charge in [0.2, 0.25) is 0 Å². The number of allylic oxidation sites excluding steroid dienone is 5. The Morgan fingerprint density at radius 3 is 2.12 bits per heavy atom. The molecule has 0 amide bonds. The van der Waals surface area contributed by atoms with E-state index in [-0.39, 0.29) is 27.3 Å². The zero-order valence-corrected chi connectivity index (χ0v) is 32.5. The van der Waals surface area contributed by atoms with Crippen LogP contribution >= 0.6 is 0 Å². The molecule has 0 N–H and O–H groups in total. The zero-order valence-electron chi connectivity index (χ0n) is 32.5. The normalized spacial score (nSPS) is 13.4. The summed E-state index contributed by atoms with van der Waals surface area (Å²) in [4.78, 5) is 15.3. The molecule has 0 spiro atoms. The maximum absolute atomic E-state index is 6.56. The van der Waals surface area contributed by atoms with Crippen LogP contribution in [0, 0.1) is 0 Å². The van der Waals surface area contributed by atoms with Crippen LogP contribution < -0.4 is 27.3 Å². The van der Waals surface area contributed by atoms with Crippen LogP contribution in [0.25, 0.3) is 95.2 Å². The predicted molar refractivity (Wildman–Crippen MR) is 252 cm³/mol. The van der Waals surface area contributed by atoms with Crippen molar-refractivity contribution in [2.75, 3.05) is 0 Å².